The average Bonchev–Trinajstić information content (AvgIpc) is 1.97. The van der Waals surface area contributed by atoms with Crippen molar-refractivity contribution in [3.63, 3.8) is 0 Å². The highest BCUT2D eigenvalue weighted by Gasteiger charge is 2.01. The minimum Gasteiger partial charge on any atom is -0.398 e. The molecule has 0 aliphatic carbocycles. The number of pyridine rings is 1. The summed E-state index contributed by atoms with van der Waals surface area (Å²) in [5.74, 6) is 0. The first-order chi connectivity index (χ1) is 5.25. The van der Waals surface area contributed by atoms with Gasteiger partial charge in [-0.2, -0.15) is 5.26 Å². The minimum absolute atomic E-state index is 0.339. The Balaban J connectivity index is 3.12. The lowest BCUT2D eigenvalue weighted by molar-refractivity contribution is 1.11. The number of aromatic nitrogens is 1. The zero-order valence-corrected chi connectivity index (χ0v) is 6.33. The third-order valence-corrected chi connectivity index (χ3v) is 1.56. The Hall–Kier alpha value is -1.56. The van der Waals surface area contributed by atoms with Gasteiger partial charge in [0.15, 0.2) is 0 Å². The summed E-state index contributed by atoms with van der Waals surface area (Å²) in [7, 11) is 0. The van der Waals surface area contributed by atoms with E-state index < -0.39 is 0 Å². The number of anilines is 1. The summed E-state index contributed by atoms with van der Waals surface area (Å²) in [6, 6.07) is 3.75. The van der Waals surface area contributed by atoms with Gasteiger partial charge in [-0.15, -0.1) is 0 Å². The molecular weight excluding hydrogens is 138 g/mol. The molecule has 1 aromatic rings. The Morgan fingerprint density at radius 1 is 1.73 bits per heavy atom. The van der Waals surface area contributed by atoms with Gasteiger partial charge in [0, 0.05) is 23.1 Å². The first-order valence-electron chi connectivity index (χ1n) is 3.32. The summed E-state index contributed by atoms with van der Waals surface area (Å²) in [6.07, 6.45) is 1.98. The van der Waals surface area contributed by atoms with E-state index in [0.29, 0.717) is 12.1 Å². The second kappa shape index (κ2) is 3.02. The molecule has 0 bridgehead atoms. The van der Waals surface area contributed by atoms with Crippen LogP contribution in [-0.4, -0.2) is 4.98 Å². The van der Waals surface area contributed by atoms with Gasteiger partial charge in [0.2, 0.25) is 0 Å². The van der Waals surface area contributed by atoms with Gasteiger partial charge in [-0.05, 0) is 13.0 Å². The van der Waals surface area contributed by atoms with E-state index >= 15 is 0 Å². The molecule has 0 aliphatic rings. The molecule has 0 atom stereocenters. The molecule has 0 aliphatic heterocycles. The fraction of sp³-hybridized carbons (Fsp3) is 0.250. The van der Waals surface area contributed by atoms with E-state index in [4.69, 9.17) is 11.0 Å². The van der Waals surface area contributed by atoms with Crippen LogP contribution in [0.25, 0.3) is 0 Å². The number of nitrogens with two attached hydrogens (primary N) is 1. The molecular formula is C8H9N3. The maximum absolute atomic E-state index is 8.44. The SMILES string of the molecule is Cc1nccc(N)c1CC#N. The lowest BCUT2D eigenvalue weighted by atomic mass is 10.1. The highest BCUT2D eigenvalue weighted by Crippen LogP contribution is 2.13. The number of nitrogen functional groups attached to an aromatic ring is 1. The lowest BCUT2D eigenvalue weighted by Crippen LogP contribution is -1.97. The predicted molar refractivity (Wildman–Crippen MR) is 42.7 cm³/mol. The van der Waals surface area contributed by atoms with Gasteiger partial charge in [-0.25, -0.2) is 0 Å². The van der Waals surface area contributed by atoms with E-state index in [1.807, 2.05) is 13.0 Å². The molecule has 0 aromatic carbocycles. The van der Waals surface area contributed by atoms with Gasteiger partial charge in [-0.1, -0.05) is 0 Å². The topological polar surface area (TPSA) is 62.7 Å². The monoisotopic (exact) mass is 147 g/mol. The number of aryl methyl sites for hydroxylation is 1. The molecule has 11 heavy (non-hydrogen) atoms. The Bertz CT molecular complexity index is 278. The minimum atomic E-state index is 0.339. The molecule has 1 aromatic heterocycles. The first-order valence-corrected chi connectivity index (χ1v) is 3.32. The molecule has 3 heteroatoms. The van der Waals surface area contributed by atoms with Gasteiger partial charge in [0.1, 0.15) is 0 Å². The standard InChI is InChI=1S/C8H9N3/c1-6-7(2-4-9)8(10)3-5-11-6/h3,5H,2H2,1H3,(H2,10,11). The third-order valence-electron chi connectivity index (χ3n) is 1.56. The zero-order valence-electron chi connectivity index (χ0n) is 6.33. The average molecular weight is 147 g/mol. The van der Waals surface area contributed by atoms with Crippen molar-refractivity contribution in [1.82, 2.24) is 4.98 Å². The fourth-order valence-electron chi connectivity index (χ4n) is 0.926. The second-order valence-corrected chi connectivity index (χ2v) is 2.30. The Labute approximate surface area is 65.5 Å². The number of nitriles is 1. The highest BCUT2D eigenvalue weighted by atomic mass is 14.7. The molecule has 0 unspecified atom stereocenters. The lowest BCUT2D eigenvalue weighted by Gasteiger charge is -2.02. The van der Waals surface area contributed by atoms with Crippen LogP contribution in [0.15, 0.2) is 12.3 Å². The summed E-state index contributed by atoms with van der Waals surface area (Å²) in [5, 5.41) is 8.44. The summed E-state index contributed by atoms with van der Waals surface area (Å²) in [5.41, 5.74) is 7.95. The van der Waals surface area contributed by atoms with Crippen LogP contribution in [0.1, 0.15) is 11.3 Å². The van der Waals surface area contributed by atoms with Crippen molar-refractivity contribution in [3.8, 4) is 6.07 Å². The van der Waals surface area contributed by atoms with Crippen LogP contribution >= 0.6 is 0 Å². The number of rotatable bonds is 1. The summed E-state index contributed by atoms with van der Waals surface area (Å²) < 4.78 is 0. The molecule has 0 spiro atoms. The third kappa shape index (κ3) is 1.47. The normalized spacial score (nSPS) is 9.09. The molecule has 0 fully saturated rings. The van der Waals surface area contributed by atoms with Crippen molar-refractivity contribution in [2.45, 2.75) is 13.3 Å². The van der Waals surface area contributed by atoms with E-state index in [2.05, 4.69) is 4.98 Å². The van der Waals surface area contributed by atoms with Crippen molar-refractivity contribution >= 4 is 5.69 Å². The van der Waals surface area contributed by atoms with Crippen LogP contribution in [0, 0.1) is 18.3 Å². The van der Waals surface area contributed by atoms with Crippen LogP contribution in [0.3, 0.4) is 0 Å². The van der Waals surface area contributed by atoms with Crippen molar-refractivity contribution in [2.24, 2.45) is 0 Å². The van der Waals surface area contributed by atoms with Crippen molar-refractivity contribution in [2.75, 3.05) is 5.73 Å². The summed E-state index contributed by atoms with van der Waals surface area (Å²) in [4.78, 5) is 4.03. The Morgan fingerprint density at radius 3 is 3.00 bits per heavy atom. The molecule has 3 nitrogen and oxygen atoms in total. The second-order valence-electron chi connectivity index (χ2n) is 2.30. The maximum Gasteiger partial charge on any atom is 0.0671 e. The molecule has 56 valence electrons. The largest absolute Gasteiger partial charge is 0.398 e. The van der Waals surface area contributed by atoms with Gasteiger partial charge in [0.05, 0.1) is 12.5 Å². The van der Waals surface area contributed by atoms with Gasteiger partial charge >= 0.3 is 0 Å². The molecule has 0 radical (unpaired) electrons. The van der Waals surface area contributed by atoms with E-state index in [1.54, 1.807) is 12.3 Å². The summed E-state index contributed by atoms with van der Waals surface area (Å²) >= 11 is 0. The van der Waals surface area contributed by atoms with Crippen LogP contribution < -0.4 is 5.73 Å². The Kier molecular flexibility index (Phi) is 2.07. The number of nitrogens with zero attached hydrogens (tertiary/aromatic N) is 2. The molecule has 0 saturated heterocycles. The summed E-state index contributed by atoms with van der Waals surface area (Å²) in [6.45, 7) is 1.85. The van der Waals surface area contributed by atoms with E-state index in [9.17, 15) is 0 Å². The van der Waals surface area contributed by atoms with E-state index in [1.165, 1.54) is 0 Å². The quantitative estimate of drug-likeness (QED) is 0.645. The van der Waals surface area contributed by atoms with Crippen LogP contribution in [0.2, 0.25) is 0 Å². The predicted octanol–water partition coefficient (Wildman–Crippen LogP) is 1.04. The zero-order chi connectivity index (χ0) is 8.27. The molecule has 0 amide bonds. The Morgan fingerprint density at radius 2 is 2.45 bits per heavy atom. The maximum atomic E-state index is 8.44. The number of hydrogen-bond acceptors (Lipinski definition) is 3. The van der Waals surface area contributed by atoms with Crippen molar-refractivity contribution in [1.29, 1.82) is 5.26 Å². The van der Waals surface area contributed by atoms with Gasteiger partial charge in [0.25, 0.3) is 0 Å². The van der Waals surface area contributed by atoms with Crippen LogP contribution in [0.5, 0.6) is 0 Å². The van der Waals surface area contributed by atoms with Crippen molar-refractivity contribution in [3.05, 3.63) is 23.5 Å². The van der Waals surface area contributed by atoms with Crippen LogP contribution in [-0.2, 0) is 6.42 Å². The smallest absolute Gasteiger partial charge is 0.0671 e. The van der Waals surface area contributed by atoms with E-state index in [-0.39, 0.29) is 0 Å². The highest BCUT2D eigenvalue weighted by molar-refractivity contribution is 5.48. The number of hydrogen-bond donors (Lipinski definition) is 1. The van der Waals surface area contributed by atoms with Gasteiger partial charge in [-0.3, -0.25) is 4.98 Å². The van der Waals surface area contributed by atoms with E-state index in [0.717, 1.165) is 11.3 Å². The van der Waals surface area contributed by atoms with Crippen LogP contribution in [0.4, 0.5) is 5.69 Å². The molecule has 2 N–H and O–H groups in total. The first kappa shape index (κ1) is 7.55. The molecule has 0 saturated carbocycles. The van der Waals surface area contributed by atoms with Gasteiger partial charge < -0.3 is 5.73 Å². The fourth-order valence-corrected chi connectivity index (χ4v) is 0.926. The molecule has 1 heterocycles. The molecule has 1 rings (SSSR count). The van der Waals surface area contributed by atoms with Crippen molar-refractivity contribution < 1.29 is 0 Å².